The Balaban J connectivity index is 1.92. The molecule has 1 heterocycles. The number of aryl methyl sites for hydroxylation is 1. The van der Waals surface area contributed by atoms with Crippen LogP contribution in [-0.4, -0.2) is 26.9 Å². The van der Waals surface area contributed by atoms with Gasteiger partial charge < -0.3 is 9.15 Å². The van der Waals surface area contributed by atoms with Crippen LogP contribution in [0.1, 0.15) is 29.8 Å². The fourth-order valence-corrected chi connectivity index (χ4v) is 5.14. The quantitative estimate of drug-likeness (QED) is 0.349. The highest BCUT2D eigenvalue weighted by molar-refractivity contribution is 7.93. The molecule has 0 atom stereocenters. The van der Waals surface area contributed by atoms with Gasteiger partial charge >= 0.3 is 5.97 Å². The van der Waals surface area contributed by atoms with E-state index in [4.69, 9.17) is 9.15 Å². The van der Waals surface area contributed by atoms with Gasteiger partial charge in [0.15, 0.2) is 0 Å². The number of hydrogen-bond donors (Lipinski definition) is 0. The molecule has 0 saturated carbocycles. The lowest BCUT2D eigenvalue weighted by atomic mass is 10.1. The second kappa shape index (κ2) is 9.15. The van der Waals surface area contributed by atoms with Gasteiger partial charge in [-0.2, -0.15) is 0 Å². The predicted octanol–water partition coefficient (Wildman–Crippen LogP) is 5.33. The molecule has 0 radical (unpaired) electrons. The van der Waals surface area contributed by atoms with Gasteiger partial charge in [0, 0.05) is 17.9 Å². The summed E-state index contributed by atoms with van der Waals surface area (Å²) in [5, 5.41) is 0.347. The van der Waals surface area contributed by atoms with E-state index in [2.05, 4.69) is 0 Å². The summed E-state index contributed by atoms with van der Waals surface area (Å²) in [5.74, 6) is -0.987. The van der Waals surface area contributed by atoms with Crippen LogP contribution < -0.4 is 4.31 Å². The van der Waals surface area contributed by atoms with Gasteiger partial charge in [-0.05, 0) is 44.2 Å². The number of benzene rings is 3. The molecular weight excluding hydrogens is 454 g/mol. The van der Waals surface area contributed by atoms with Gasteiger partial charge in [-0.3, -0.25) is 4.79 Å². The standard InChI is InChI=1S/C26H23NO6S/c1-4-32-26(29)24-22-16-20(12-15-23(22)33-25(24)19-8-6-5-7-9-19)27(18(3)28)34(30,31)21-13-10-17(2)11-14-21/h5-16H,4H2,1-3H3. The number of rotatable bonds is 6. The van der Waals surface area contributed by atoms with Crippen molar-refractivity contribution in [2.24, 2.45) is 0 Å². The van der Waals surface area contributed by atoms with Crippen LogP contribution in [0.4, 0.5) is 5.69 Å². The monoisotopic (exact) mass is 477 g/mol. The number of carbonyl (C=O) groups excluding carboxylic acids is 2. The van der Waals surface area contributed by atoms with Gasteiger partial charge in [-0.15, -0.1) is 0 Å². The van der Waals surface area contributed by atoms with Gasteiger partial charge in [0.2, 0.25) is 5.91 Å². The van der Waals surface area contributed by atoms with E-state index in [1.54, 1.807) is 37.3 Å². The highest BCUT2D eigenvalue weighted by atomic mass is 32.2. The number of furan rings is 1. The maximum atomic E-state index is 13.4. The Morgan fingerprint density at radius 1 is 0.971 bits per heavy atom. The summed E-state index contributed by atoms with van der Waals surface area (Å²) in [5.41, 5.74) is 2.18. The lowest BCUT2D eigenvalue weighted by molar-refractivity contribution is -0.115. The van der Waals surface area contributed by atoms with Crippen LogP contribution in [-0.2, 0) is 19.6 Å². The molecule has 0 aliphatic carbocycles. The molecular formula is C26H23NO6S. The number of nitrogens with zero attached hydrogens (tertiary/aromatic N) is 1. The Kier molecular flexibility index (Phi) is 6.26. The zero-order valence-corrected chi connectivity index (χ0v) is 19.8. The smallest absolute Gasteiger partial charge is 0.342 e. The van der Waals surface area contributed by atoms with E-state index in [1.807, 2.05) is 25.1 Å². The van der Waals surface area contributed by atoms with E-state index in [0.29, 0.717) is 22.3 Å². The highest BCUT2D eigenvalue weighted by Gasteiger charge is 2.30. The first-order valence-corrected chi connectivity index (χ1v) is 12.1. The number of esters is 1. The molecule has 0 bridgehead atoms. The van der Waals surface area contributed by atoms with Gasteiger partial charge in [-0.1, -0.05) is 48.0 Å². The lowest BCUT2D eigenvalue weighted by Crippen LogP contribution is -2.35. The van der Waals surface area contributed by atoms with E-state index in [1.165, 1.54) is 31.2 Å². The molecule has 0 fully saturated rings. The van der Waals surface area contributed by atoms with Crippen LogP contribution in [0.5, 0.6) is 0 Å². The number of carbonyl (C=O) groups is 2. The van der Waals surface area contributed by atoms with Crippen LogP contribution in [0.25, 0.3) is 22.3 Å². The van der Waals surface area contributed by atoms with Crippen molar-refractivity contribution in [3.05, 3.63) is 83.9 Å². The minimum atomic E-state index is -4.19. The summed E-state index contributed by atoms with van der Waals surface area (Å²) in [6.45, 7) is 4.86. The number of hydrogen-bond acceptors (Lipinski definition) is 6. The fraction of sp³-hybridized carbons (Fsp3) is 0.154. The van der Waals surface area contributed by atoms with E-state index in [-0.39, 0.29) is 22.8 Å². The summed E-state index contributed by atoms with van der Waals surface area (Å²) in [6, 6.07) is 19.8. The van der Waals surface area contributed by atoms with Crippen molar-refractivity contribution in [2.75, 3.05) is 10.9 Å². The normalized spacial score (nSPS) is 11.4. The molecule has 3 aromatic carbocycles. The summed E-state index contributed by atoms with van der Waals surface area (Å²) >= 11 is 0. The van der Waals surface area contributed by atoms with Gasteiger partial charge in [0.1, 0.15) is 16.9 Å². The molecule has 0 spiro atoms. The number of sulfonamides is 1. The van der Waals surface area contributed by atoms with Crippen LogP contribution in [0.2, 0.25) is 0 Å². The molecule has 0 unspecified atom stereocenters. The average molecular weight is 478 g/mol. The Bertz CT molecular complexity index is 1470. The second-order valence-electron chi connectivity index (χ2n) is 7.67. The molecule has 4 rings (SSSR count). The summed E-state index contributed by atoms with van der Waals surface area (Å²) in [6.07, 6.45) is 0. The minimum absolute atomic E-state index is 0.0174. The third-order valence-corrected chi connectivity index (χ3v) is 7.08. The van der Waals surface area contributed by atoms with Crippen LogP contribution in [0.3, 0.4) is 0 Å². The van der Waals surface area contributed by atoms with Crippen molar-refractivity contribution in [3.8, 4) is 11.3 Å². The largest absolute Gasteiger partial charge is 0.462 e. The highest BCUT2D eigenvalue weighted by Crippen LogP contribution is 2.37. The third kappa shape index (κ3) is 4.20. The van der Waals surface area contributed by atoms with Crippen molar-refractivity contribution < 1.29 is 27.2 Å². The third-order valence-electron chi connectivity index (χ3n) is 5.27. The van der Waals surface area contributed by atoms with E-state index >= 15 is 0 Å². The van der Waals surface area contributed by atoms with Crippen molar-refractivity contribution >= 4 is 38.6 Å². The molecule has 0 N–H and O–H groups in total. The van der Waals surface area contributed by atoms with Crippen molar-refractivity contribution in [1.82, 2.24) is 0 Å². The maximum absolute atomic E-state index is 13.4. The lowest BCUT2D eigenvalue weighted by Gasteiger charge is -2.21. The van der Waals surface area contributed by atoms with Crippen LogP contribution in [0.15, 0.2) is 82.1 Å². The number of fused-ring (bicyclic) bond motifs is 1. The summed E-state index contributed by atoms with van der Waals surface area (Å²) in [4.78, 5) is 25.4. The molecule has 174 valence electrons. The first kappa shape index (κ1) is 23.3. The number of ether oxygens (including phenoxy) is 1. The Morgan fingerprint density at radius 2 is 1.65 bits per heavy atom. The molecule has 0 aliphatic heterocycles. The first-order valence-electron chi connectivity index (χ1n) is 10.7. The summed E-state index contributed by atoms with van der Waals surface area (Å²) in [7, 11) is -4.19. The molecule has 34 heavy (non-hydrogen) atoms. The molecule has 0 aliphatic rings. The van der Waals surface area contributed by atoms with Crippen LogP contribution in [0, 0.1) is 6.92 Å². The zero-order chi connectivity index (χ0) is 24.5. The molecule has 0 saturated heterocycles. The second-order valence-corrected chi connectivity index (χ2v) is 9.46. The van der Waals surface area contributed by atoms with Crippen LogP contribution >= 0.6 is 0 Å². The topological polar surface area (TPSA) is 93.9 Å². The van der Waals surface area contributed by atoms with Gasteiger partial charge in [0.25, 0.3) is 10.0 Å². The van der Waals surface area contributed by atoms with Crippen molar-refractivity contribution in [2.45, 2.75) is 25.7 Å². The number of amides is 1. The Morgan fingerprint density at radius 3 is 2.26 bits per heavy atom. The first-order chi connectivity index (χ1) is 16.2. The summed E-state index contributed by atoms with van der Waals surface area (Å²) < 4.78 is 38.7. The maximum Gasteiger partial charge on any atom is 0.342 e. The molecule has 7 nitrogen and oxygen atoms in total. The zero-order valence-electron chi connectivity index (χ0n) is 18.9. The van der Waals surface area contributed by atoms with E-state index in [0.717, 1.165) is 9.87 Å². The number of anilines is 1. The Hall–Kier alpha value is -3.91. The van der Waals surface area contributed by atoms with E-state index < -0.39 is 21.9 Å². The SMILES string of the molecule is CCOC(=O)c1c(-c2ccccc2)oc2ccc(N(C(C)=O)S(=O)(=O)c3ccc(C)cc3)cc12. The fourth-order valence-electron chi connectivity index (χ4n) is 3.72. The molecule has 1 amide bonds. The van der Waals surface area contributed by atoms with Crippen molar-refractivity contribution in [1.29, 1.82) is 0 Å². The predicted molar refractivity (Wildman–Crippen MR) is 129 cm³/mol. The molecule has 1 aromatic heterocycles. The average Bonchev–Trinajstić information content (AvgIpc) is 3.19. The molecule has 8 heteroatoms. The van der Waals surface area contributed by atoms with Gasteiger partial charge in [-0.25, -0.2) is 17.5 Å². The van der Waals surface area contributed by atoms with E-state index in [9.17, 15) is 18.0 Å². The van der Waals surface area contributed by atoms with Gasteiger partial charge in [0.05, 0.1) is 17.2 Å². The molecule has 4 aromatic rings. The van der Waals surface area contributed by atoms with Crippen molar-refractivity contribution in [3.63, 3.8) is 0 Å². The minimum Gasteiger partial charge on any atom is -0.462 e. The Labute approximate surface area is 197 Å².